The molecule has 0 amide bonds. The maximum Gasteiger partial charge on any atom is 0.161 e. The normalized spacial score (nSPS) is 16.8. The molecule has 0 N–H and O–H groups in total. The van der Waals surface area contributed by atoms with Gasteiger partial charge >= 0.3 is 0 Å². The third-order valence-corrected chi connectivity index (χ3v) is 9.46. The summed E-state index contributed by atoms with van der Waals surface area (Å²) < 4.78 is 0. The molecule has 0 heterocycles. The number of hydrogen-bond donors (Lipinski definition) is 0. The minimum atomic E-state index is -0.403. The molecule has 5 aromatic carbocycles. The molecule has 0 saturated carbocycles. The largest absolute Gasteiger partial charge is 0.261 e. The van der Waals surface area contributed by atoms with Gasteiger partial charge in [0.05, 0.1) is 12.0 Å². The van der Waals surface area contributed by atoms with Crippen LogP contribution in [0.2, 0.25) is 0 Å². The highest BCUT2D eigenvalue weighted by molar-refractivity contribution is 6.12. The Morgan fingerprint density at radius 3 is 2.24 bits per heavy atom. The van der Waals surface area contributed by atoms with Gasteiger partial charge in [0, 0.05) is 11.1 Å². The molecule has 3 heteroatoms. The second kappa shape index (κ2) is 16.7. The van der Waals surface area contributed by atoms with Crippen molar-refractivity contribution in [1.82, 2.24) is 0 Å². The van der Waals surface area contributed by atoms with Crippen LogP contribution < -0.4 is 0 Å². The lowest BCUT2D eigenvalue weighted by atomic mass is 9.69. The molecule has 0 aliphatic heterocycles. The molecule has 5 aromatic rings. The van der Waals surface area contributed by atoms with E-state index >= 15 is 0 Å². The minimum absolute atomic E-state index is 0.403. The van der Waals surface area contributed by atoms with Gasteiger partial charge in [0.2, 0.25) is 0 Å². The molecule has 0 saturated heterocycles. The van der Waals surface area contributed by atoms with Gasteiger partial charge in [-0.1, -0.05) is 184 Å². The van der Waals surface area contributed by atoms with Gasteiger partial charge in [0.15, 0.2) is 11.7 Å². The molecule has 3 nitrogen and oxygen atoms in total. The Bertz CT molecular complexity index is 2190. The first kappa shape index (κ1) is 34.9. The van der Waals surface area contributed by atoms with E-state index in [2.05, 4.69) is 134 Å². The van der Waals surface area contributed by atoms with E-state index in [1.165, 1.54) is 44.2 Å². The number of rotatable bonds is 9. The molecule has 1 atom stereocenters. The minimum Gasteiger partial charge on any atom is -0.261 e. The van der Waals surface area contributed by atoms with Crippen LogP contribution in [0.5, 0.6) is 0 Å². The monoisotopic (exact) mass is 663 g/mol. The summed E-state index contributed by atoms with van der Waals surface area (Å²) >= 11 is 0. The Hall–Kier alpha value is -5.93. The molecule has 7 rings (SSSR count). The van der Waals surface area contributed by atoms with E-state index in [1.807, 2.05) is 56.3 Å². The quantitative estimate of drug-likeness (QED) is 0.0855. The maximum absolute atomic E-state index is 5.06. The molecular formula is C48H45N3. The zero-order valence-corrected chi connectivity index (χ0v) is 29.7. The summed E-state index contributed by atoms with van der Waals surface area (Å²) in [6, 6.07) is 41.0. The average Bonchev–Trinajstić information content (AvgIpc) is 3.50. The van der Waals surface area contributed by atoms with E-state index in [4.69, 9.17) is 9.98 Å². The van der Waals surface area contributed by atoms with Crippen LogP contribution in [-0.4, -0.2) is 24.9 Å². The molecule has 0 bridgehead atoms. The van der Waals surface area contributed by atoms with E-state index in [9.17, 15) is 0 Å². The van der Waals surface area contributed by atoms with E-state index in [0.717, 1.165) is 30.4 Å². The lowest BCUT2D eigenvalue weighted by molar-refractivity contribution is 0.650. The average molecular weight is 664 g/mol. The first-order valence-electron chi connectivity index (χ1n) is 17.9. The molecule has 252 valence electrons. The highest BCUT2D eigenvalue weighted by atomic mass is 15.0. The second-order valence-corrected chi connectivity index (χ2v) is 12.3. The third-order valence-electron chi connectivity index (χ3n) is 9.46. The molecule has 0 spiro atoms. The van der Waals surface area contributed by atoms with Gasteiger partial charge < -0.3 is 0 Å². The number of amidine groups is 2. The number of hydrogen-bond acceptors (Lipinski definition) is 1. The number of benzene rings is 5. The van der Waals surface area contributed by atoms with Crippen molar-refractivity contribution in [1.29, 1.82) is 0 Å². The number of allylic oxidation sites excluding steroid dienone is 7. The number of aliphatic imine (C=N–C) groups is 3. The summed E-state index contributed by atoms with van der Waals surface area (Å²) in [5.41, 5.74) is 9.10. The second-order valence-electron chi connectivity index (χ2n) is 12.3. The van der Waals surface area contributed by atoms with Crippen molar-refractivity contribution in [3.8, 4) is 11.1 Å². The van der Waals surface area contributed by atoms with E-state index in [-0.39, 0.29) is 0 Å². The zero-order valence-electron chi connectivity index (χ0n) is 29.7. The third kappa shape index (κ3) is 7.20. The lowest BCUT2D eigenvalue weighted by Crippen LogP contribution is -2.26. The fourth-order valence-electron chi connectivity index (χ4n) is 7.20. The highest BCUT2D eigenvalue weighted by Crippen LogP contribution is 2.56. The zero-order chi connectivity index (χ0) is 35.5. The van der Waals surface area contributed by atoms with Crippen molar-refractivity contribution < 1.29 is 0 Å². The topological polar surface area (TPSA) is 37.1 Å². The van der Waals surface area contributed by atoms with Crippen LogP contribution >= 0.6 is 0 Å². The number of nitrogens with zero attached hydrogens (tertiary/aromatic N) is 3. The van der Waals surface area contributed by atoms with Gasteiger partial charge in [-0.05, 0) is 70.1 Å². The molecule has 0 radical (unpaired) electrons. The van der Waals surface area contributed by atoms with Crippen LogP contribution in [0.15, 0.2) is 191 Å². The van der Waals surface area contributed by atoms with Crippen LogP contribution in [0.1, 0.15) is 60.9 Å². The summed E-state index contributed by atoms with van der Waals surface area (Å²) in [5.74, 6) is 1.19. The van der Waals surface area contributed by atoms with Crippen molar-refractivity contribution in [3.63, 3.8) is 0 Å². The van der Waals surface area contributed by atoms with Crippen LogP contribution in [0.3, 0.4) is 0 Å². The molecular weight excluding hydrogens is 619 g/mol. The van der Waals surface area contributed by atoms with Crippen LogP contribution in [0, 0.1) is 0 Å². The smallest absolute Gasteiger partial charge is 0.161 e. The van der Waals surface area contributed by atoms with E-state index in [1.54, 1.807) is 6.08 Å². The Morgan fingerprint density at radius 1 is 0.725 bits per heavy atom. The van der Waals surface area contributed by atoms with Crippen LogP contribution in [-0.2, 0) is 5.41 Å². The van der Waals surface area contributed by atoms with Crippen LogP contribution in [0.25, 0.3) is 21.9 Å². The van der Waals surface area contributed by atoms with E-state index in [0.29, 0.717) is 18.2 Å². The van der Waals surface area contributed by atoms with Crippen molar-refractivity contribution >= 4 is 29.2 Å². The predicted octanol–water partition coefficient (Wildman–Crippen LogP) is 12.0. The predicted molar refractivity (Wildman–Crippen MR) is 221 cm³/mol. The number of fused-ring (bicyclic) bond motifs is 5. The van der Waals surface area contributed by atoms with Crippen LogP contribution in [0.4, 0.5) is 0 Å². The van der Waals surface area contributed by atoms with Gasteiger partial charge in [0.25, 0.3) is 0 Å². The van der Waals surface area contributed by atoms with Gasteiger partial charge in [-0.25, -0.2) is 9.98 Å². The Labute approximate surface area is 303 Å². The summed E-state index contributed by atoms with van der Waals surface area (Å²) in [5, 5.41) is 2.52. The summed E-state index contributed by atoms with van der Waals surface area (Å²) in [6.45, 7) is 12.2. The molecule has 2 aliphatic rings. The van der Waals surface area contributed by atoms with E-state index < -0.39 is 5.41 Å². The first-order valence-corrected chi connectivity index (χ1v) is 17.9. The van der Waals surface area contributed by atoms with Crippen molar-refractivity contribution in [2.75, 3.05) is 6.54 Å². The summed E-state index contributed by atoms with van der Waals surface area (Å²) in [7, 11) is 0. The molecule has 51 heavy (non-hydrogen) atoms. The first-order chi connectivity index (χ1) is 25.2. The fourth-order valence-corrected chi connectivity index (χ4v) is 7.20. The Kier molecular flexibility index (Phi) is 11.4. The summed E-state index contributed by atoms with van der Waals surface area (Å²) in [4.78, 5) is 14.4. The molecule has 1 unspecified atom stereocenters. The standard InChI is InChI=1S/C46H39N3.C2H6/c1-3-4-5-6-17-32-46(42-25-16-15-24-40(42)41-31-28-35-20-13-14-23-39(35)43(41)46)38-29-26-37(27-30-38)45(48-33-34-18-9-7-10-19-34)49-44(47-2)36-21-11-8-12-22-36;1-2/h3-6,8-9,11-31H,1-2,7,10,32-33H2;1-2H3/b5-4-,17-6-,48-45?,49-44?;. The van der Waals surface area contributed by atoms with Crippen molar-refractivity contribution in [2.45, 2.75) is 38.5 Å². The van der Waals surface area contributed by atoms with Gasteiger partial charge in [0.1, 0.15) is 0 Å². The van der Waals surface area contributed by atoms with Gasteiger partial charge in [-0.15, -0.1) is 0 Å². The molecule has 2 aliphatic carbocycles. The van der Waals surface area contributed by atoms with Crippen molar-refractivity contribution in [2.24, 2.45) is 15.0 Å². The highest BCUT2D eigenvalue weighted by Gasteiger charge is 2.44. The lowest BCUT2D eigenvalue weighted by Gasteiger charge is -2.33. The molecule has 0 fully saturated rings. The van der Waals surface area contributed by atoms with Gasteiger partial charge in [-0.2, -0.15) is 0 Å². The van der Waals surface area contributed by atoms with Gasteiger partial charge in [-0.3, -0.25) is 4.99 Å². The fraction of sp³-hybridized carbons (Fsp3) is 0.146. The Morgan fingerprint density at radius 2 is 1.47 bits per heavy atom. The molecule has 0 aromatic heterocycles. The van der Waals surface area contributed by atoms with Crippen molar-refractivity contribution in [3.05, 3.63) is 204 Å². The SMILES string of the molecule is C=C/C=C\C=C/CC1(c2ccc(C(=NCC3=CCCC=C3)N=C(N=C)c3ccccc3)cc2)c2ccccc2-c2ccc3ccccc3c21.CC. The maximum atomic E-state index is 5.06. The Balaban J connectivity index is 0.00000220. The summed E-state index contributed by atoms with van der Waals surface area (Å²) in [6.07, 6.45) is 19.8.